The fraction of sp³-hybridized carbons (Fsp3) is 0.438. The molecule has 3 rings (SSSR count). The van der Waals surface area contributed by atoms with E-state index in [-0.39, 0.29) is 5.91 Å². The maximum Gasteiger partial charge on any atom is 0.227 e. The maximum absolute atomic E-state index is 11.5. The molecule has 0 bridgehead atoms. The first kappa shape index (κ1) is 16.8. The molecule has 0 saturated carbocycles. The number of nitrogens with one attached hydrogen (secondary N) is 1. The van der Waals surface area contributed by atoms with Crippen LogP contribution in [0.5, 0.6) is 0 Å². The topological polar surface area (TPSA) is 87.4 Å². The van der Waals surface area contributed by atoms with Crippen LogP contribution in [-0.4, -0.2) is 53.5 Å². The molecule has 3 N–H and O–H groups in total. The van der Waals surface area contributed by atoms with E-state index in [2.05, 4.69) is 25.1 Å². The Kier molecular flexibility index (Phi) is 5.73. The molecule has 0 spiro atoms. The molecular weight excluding hydrogens is 324 g/mol. The average Bonchev–Trinajstić information content (AvgIpc) is 3.03. The number of aromatic nitrogens is 2. The van der Waals surface area contributed by atoms with Gasteiger partial charge in [-0.25, -0.2) is 9.97 Å². The van der Waals surface area contributed by atoms with Gasteiger partial charge in [-0.3, -0.25) is 9.69 Å². The number of hydrogen-bond donors (Lipinski definition) is 2. The van der Waals surface area contributed by atoms with Gasteiger partial charge in [-0.2, -0.15) is 0 Å². The lowest BCUT2D eigenvalue weighted by molar-refractivity contribution is -0.116. The molecule has 0 radical (unpaired) electrons. The van der Waals surface area contributed by atoms with Gasteiger partial charge >= 0.3 is 0 Å². The van der Waals surface area contributed by atoms with Gasteiger partial charge in [0.15, 0.2) is 5.13 Å². The van der Waals surface area contributed by atoms with Crippen molar-refractivity contribution in [2.24, 2.45) is 5.73 Å². The highest BCUT2D eigenvalue weighted by Gasteiger charge is 2.18. The molecule has 0 aliphatic carbocycles. The van der Waals surface area contributed by atoms with E-state index in [4.69, 9.17) is 5.73 Å². The number of carbonyl (C=O) groups is 1. The first-order valence-electron chi connectivity index (χ1n) is 8.07. The lowest BCUT2D eigenvalue weighted by atomic mass is 10.3. The van der Waals surface area contributed by atoms with Crippen LogP contribution in [0.15, 0.2) is 29.8 Å². The Morgan fingerprint density at radius 2 is 2.12 bits per heavy atom. The minimum absolute atomic E-state index is 0.0811. The normalized spacial score (nSPS) is 15.5. The van der Waals surface area contributed by atoms with Crippen molar-refractivity contribution >= 4 is 28.2 Å². The molecule has 1 aliphatic rings. The Balaban J connectivity index is 1.48. The van der Waals surface area contributed by atoms with Gasteiger partial charge in [0, 0.05) is 57.3 Å². The van der Waals surface area contributed by atoms with E-state index in [0.717, 1.165) is 44.2 Å². The number of amides is 1. The van der Waals surface area contributed by atoms with E-state index < -0.39 is 0 Å². The van der Waals surface area contributed by atoms with Crippen molar-refractivity contribution < 1.29 is 4.79 Å². The highest BCUT2D eigenvalue weighted by Crippen LogP contribution is 2.18. The van der Waals surface area contributed by atoms with Crippen molar-refractivity contribution in [2.75, 3.05) is 42.9 Å². The Labute approximate surface area is 145 Å². The number of nitrogens with two attached hydrogens (primary N) is 1. The predicted molar refractivity (Wildman–Crippen MR) is 96.1 cm³/mol. The SMILES string of the molecule is NCCC(=O)Nc1nc(CN2CCN(c3ccccn3)CC2)cs1. The number of thiazole rings is 1. The molecule has 0 unspecified atom stereocenters. The summed E-state index contributed by atoms with van der Waals surface area (Å²) in [6.07, 6.45) is 2.15. The highest BCUT2D eigenvalue weighted by atomic mass is 32.1. The summed E-state index contributed by atoms with van der Waals surface area (Å²) in [5.74, 6) is 0.957. The van der Waals surface area contributed by atoms with Crippen molar-refractivity contribution in [1.82, 2.24) is 14.9 Å². The second-order valence-corrected chi connectivity index (χ2v) is 6.54. The molecule has 1 saturated heterocycles. The van der Waals surface area contributed by atoms with Crippen LogP contribution in [0.2, 0.25) is 0 Å². The Hall–Kier alpha value is -2.03. The second-order valence-electron chi connectivity index (χ2n) is 5.68. The zero-order valence-corrected chi connectivity index (χ0v) is 14.3. The molecule has 1 amide bonds. The number of hydrogen-bond acceptors (Lipinski definition) is 7. The molecular formula is C16H22N6OS. The van der Waals surface area contributed by atoms with Gasteiger partial charge in [0.1, 0.15) is 5.82 Å². The smallest absolute Gasteiger partial charge is 0.227 e. The van der Waals surface area contributed by atoms with E-state index in [1.165, 1.54) is 11.3 Å². The predicted octanol–water partition coefficient (Wildman–Crippen LogP) is 1.15. The molecule has 1 aliphatic heterocycles. The molecule has 24 heavy (non-hydrogen) atoms. The van der Waals surface area contributed by atoms with Crippen molar-refractivity contribution in [3.63, 3.8) is 0 Å². The third-order valence-electron chi connectivity index (χ3n) is 3.90. The van der Waals surface area contributed by atoms with E-state index in [9.17, 15) is 4.79 Å². The molecule has 7 nitrogen and oxygen atoms in total. The first-order valence-corrected chi connectivity index (χ1v) is 8.95. The average molecular weight is 346 g/mol. The summed E-state index contributed by atoms with van der Waals surface area (Å²) >= 11 is 1.46. The summed E-state index contributed by atoms with van der Waals surface area (Å²) in [5.41, 5.74) is 6.37. The maximum atomic E-state index is 11.5. The minimum atomic E-state index is -0.0811. The van der Waals surface area contributed by atoms with Gasteiger partial charge in [0.2, 0.25) is 5.91 Å². The van der Waals surface area contributed by atoms with Crippen LogP contribution in [0.4, 0.5) is 10.9 Å². The number of pyridine rings is 1. The molecule has 3 heterocycles. The van der Waals surface area contributed by atoms with Crippen LogP contribution in [-0.2, 0) is 11.3 Å². The van der Waals surface area contributed by atoms with E-state index >= 15 is 0 Å². The molecule has 2 aromatic heterocycles. The highest BCUT2D eigenvalue weighted by molar-refractivity contribution is 7.13. The van der Waals surface area contributed by atoms with Crippen molar-refractivity contribution in [3.05, 3.63) is 35.5 Å². The van der Waals surface area contributed by atoms with Crippen LogP contribution in [0, 0.1) is 0 Å². The lowest BCUT2D eigenvalue weighted by Gasteiger charge is -2.35. The molecule has 8 heteroatoms. The largest absolute Gasteiger partial charge is 0.354 e. The molecule has 1 fully saturated rings. The van der Waals surface area contributed by atoms with E-state index in [1.54, 1.807) is 0 Å². The number of nitrogens with zero attached hydrogens (tertiary/aromatic N) is 4. The van der Waals surface area contributed by atoms with Gasteiger partial charge < -0.3 is 16.0 Å². The Bertz CT molecular complexity index is 654. The number of anilines is 2. The molecule has 0 atom stereocenters. The minimum Gasteiger partial charge on any atom is -0.354 e. The van der Waals surface area contributed by atoms with Gasteiger partial charge in [-0.05, 0) is 12.1 Å². The first-order chi connectivity index (χ1) is 11.7. The lowest BCUT2D eigenvalue weighted by Crippen LogP contribution is -2.46. The number of piperazine rings is 1. The van der Waals surface area contributed by atoms with E-state index in [0.29, 0.717) is 18.1 Å². The Morgan fingerprint density at radius 3 is 2.83 bits per heavy atom. The van der Waals surface area contributed by atoms with Gasteiger partial charge in [0.25, 0.3) is 0 Å². The Morgan fingerprint density at radius 1 is 1.29 bits per heavy atom. The second kappa shape index (κ2) is 8.18. The third-order valence-corrected chi connectivity index (χ3v) is 4.71. The van der Waals surface area contributed by atoms with Crippen molar-refractivity contribution in [3.8, 4) is 0 Å². The summed E-state index contributed by atoms with van der Waals surface area (Å²) in [5, 5.41) is 5.43. The zero-order valence-electron chi connectivity index (χ0n) is 13.5. The fourth-order valence-electron chi connectivity index (χ4n) is 2.65. The van der Waals surface area contributed by atoms with Gasteiger partial charge in [-0.1, -0.05) is 6.07 Å². The van der Waals surface area contributed by atoms with Gasteiger partial charge in [0.05, 0.1) is 5.69 Å². The van der Waals surface area contributed by atoms with Crippen LogP contribution in [0.3, 0.4) is 0 Å². The van der Waals surface area contributed by atoms with Crippen LogP contribution < -0.4 is 16.0 Å². The zero-order chi connectivity index (χ0) is 16.8. The summed E-state index contributed by atoms with van der Waals surface area (Å²) in [7, 11) is 0. The van der Waals surface area contributed by atoms with Crippen molar-refractivity contribution in [1.29, 1.82) is 0 Å². The van der Waals surface area contributed by atoms with Gasteiger partial charge in [-0.15, -0.1) is 11.3 Å². The summed E-state index contributed by atoms with van der Waals surface area (Å²) in [6, 6.07) is 6.00. The molecule has 2 aromatic rings. The summed E-state index contributed by atoms with van der Waals surface area (Å²) < 4.78 is 0. The fourth-order valence-corrected chi connectivity index (χ4v) is 3.37. The third kappa shape index (κ3) is 4.50. The van der Waals surface area contributed by atoms with Crippen molar-refractivity contribution in [2.45, 2.75) is 13.0 Å². The summed E-state index contributed by atoms with van der Waals surface area (Å²) in [4.78, 5) is 25.1. The van der Waals surface area contributed by atoms with Crippen LogP contribution in [0.1, 0.15) is 12.1 Å². The van der Waals surface area contributed by atoms with Crippen LogP contribution in [0.25, 0.3) is 0 Å². The monoisotopic (exact) mass is 346 g/mol. The summed E-state index contributed by atoms with van der Waals surface area (Å²) in [6.45, 7) is 5.03. The number of rotatable bonds is 6. The van der Waals surface area contributed by atoms with E-state index in [1.807, 2.05) is 29.8 Å². The quantitative estimate of drug-likeness (QED) is 0.816. The number of carbonyl (C=O) groups excluding carboxylic acids is 1. The standard InChI is InChI=1S/C16H22N6OS/c17-5-4-15(23)20-16-19-13(12-24-16)11-21-7-9-22(10-8-21)14-3-1-2-6-18-14/h1-3,6,12H,4-5,7-11,17H2,(H,19,20,23). The van der Waals surface area contributed by atoms with Crippen LogP contribution >= 0.6 is 11.3 Å². The molecule has 0 aromatic carbocycles. The molecule has 128 valence electrons.